The number of carbonyl (C=O) groups is 3. The predicted octanol–water partition coefficient (Wildman–Crippen LogP) is 3.92. The van der Waals surface area contributed by atoms with E-state index >= 15 is 0 Å². The van der Waals surface area contributed by atoms with Crippen LogP contribution in [0.5, 0.6) is 0 Å². The number of imide groups is 1. The number of halogens is 2. The van der Waals surface area contributed by atoms with Crippen molar-refractivity contribution in [1.29, 1.82) is 5.26 Å². The minimum atomic E-state index is -1.12. The van der Waals surface area contributed by atoms with Crippen LogP contribution < -0.4 is 4.90 Å². The highest BCUT2D eigenvalue weighted by atomic mass is 35.5. The molecule has 0 N–H and O–H groups in total. The maximum absolute atomic E-state index is 13.7. The molecule has 0 radical (unpaired) electrons. The predicted molar refractivity (Wildman–Crippen MR) is 126 cm³/mol. The number of nitro groups is 1. The average molecular weight is 509 g/mol. The largest absolute Gasteiger partial charge is 0.359 e. The van der Waals surface area contributed by atoms with Crippen LogP contribution in [0.25, 0.3) is 0 Å². The number of ketones is 1. The van der Waals surface area contributed by atoms with Gasteiger partial charge in [-0.15, -0.1) is 0 Å². The third kappa shape index (κ3) is 3.50. The number of nitro benzene ring substituents is 1. The fourth-order valence-electron chi connectivity index (χ4n) is 4.96. The van der Waals surface area contributed by atoms with Gasteiger partial charge in [0, 0.05) is 28.9 Å². The number of hydrogen-bond acceptors (Lipinski definition) is 7. The third-order valence-electron chi connectivity index (χ3n) is 6.44. The van der Waals surface area contributed by atoms with Gasteiger partial charge in [0.05, 0.1) is 45.2 Å². The van der Waals surface area contributed by atoms with E-state index in [2.05, 4.69) is 0 Å². The molecule has 5 rings (SSSR count). The van der Waals surface area contributed by atoms with Crippen LogP contribution in [0.1, 0.15) is 10.4 Å². The van der Waals surface area contributed by atoms with Crippen LogP contribution >= 0.6 is 23.2 Å². The molecule has 0 aromatic heterocycles. The molecule has 2 aromatic rings. The molecule has 3 aliphatic rings. The second-order valence-electron chi connectivity index (χ2n) is 8.26. The first kappa shape index (κ1) is 22.8. The SMILES string of the molecule is N#CC1=C[C@@H]2[C@@H]3C(=O)N(c4ccc(Cl)cc4Cl)C(=O)[C@H]3[C@@H](C(=O)c3cccc([N+](=O)[O-])c3)N2C=C1. The molecule has 0 spiro atoms. The number of allylic oxidation sites excluding steroid dienone is 2. The van der Waals surface area contributed by atoms with Gasteiger partial charge in [0.1, 0.15) is 6.04 Å². The number of fused-ring (bicyclic) bond motifs is 3. The maximum atomic E-state index is 13.7. The lowest BCUT2D eigenvalue weighted by molar-refractivity contribution is -0.384. The van der Waals surface area contributed by atoms with Crippen LogP contribution in [0, 0.1) is 33.3 Å². The second kappa shape index (κ2) is 8.34. The number of hydrogen-bond donors (Lipinski definition) is 0. The van der Waals surface area contributed by atoms with Crippen molar-refractivity contribution in [1.82, 2.24) is 4.90 Å². The highest BCUT2D eigenvalue weighted by Crippen LogP contribution is 2.48. The molecule has 4 atom stereocenters. The van der Waals surface area contributed by atoms with Crippen LogP contribution in [0.2, 0.25) is 10.0 Å². The van der Waals surface area contributed by atoms with Gasteiger partial charge in [0.25, 0.3) is 5.69 Å². The normalized spacial score (nSPS) is 24.7. The number of anilines is 1. The van der Waals surface area contributed by atoms with Crippen molar-refractivity contribution in [2.24, 2.45) is 11.8 Å². The lowest BCUT2D eigenvalue weighted by Gasteiger charge is -2.32. The first-order chi connectivity index (χ1) is 16.7. The zero-order valence-corrected chi connectivity index (χ0v) is 19.2. The van der Waals surface area contributed by atoms with E-state index in [-0.39, 0.29) is 27.5 Å². The molecule has 2 amide bonds. The van der Waals surface area contributed by atoms with E-state index in [1.54, 1.807) is 11.0 Å². The van der Waals surface area contributed by atoms with Crippen molar-refractivity contribution >= 4 is 52.2 Å². The summed E-state index contributed by atoms with van der Waals surface area (Å²) in [6.07, 6.45) is 4.56. The number of non-ortho nitro benzene ring substituents is 1. The quantitative estimate of drug-likeness (QED) is 0.265. The van der Waals surface area contributed by atoms with E-state index in [4.69, 9.17) is 23.2 Å². The number of benzene rings is 2. The zero-order chi connectivity index (χ0) is 25.0. The van der Waals surface area contributed by atoms with Crippen molar-refractivity contribution < 1.29 is 19.3 Å². The summed E-state index contributed by atoms with van der Waals surface area (Å²) in [5.74, 6) is -3.78. The lowest BCUT2D eigenvalue weighted by atomic mass is 9.86. The number of nitriles is 1. The Morgan fingerprint density at radius 3 is 2.51 bits per heavy atom. The Labute approximate surface area is 208 Å². The topological polar surface area (TPSA) is 125 Å². The monoisotopic (exact) mass is 508 g/mol. The summed E-state index contributed by atoms with van der Waals surface area (Å²) in [4.78, 5) is 54.1. The Balaban J connectivity index is 1.62. The average Bonchev–Trinajstić information content (AvgIpc) is 3.31. The summed E-state index contributed by atoms with van der Waals surface area (Å²) < 4.78 is 0. The fraction of sp³-hybridized carbons (Fsp3) is 0.167. The smallest absolute Gasteiger partial charge is 0.270 e. The molecule has 0 saturated carbocycles. The van der Waals surface area contributed by atoms with Crippen molar-refractivity contribution in [3.63, 3.8) is 0 Å². The van der Waals surface area contributed by atoms with Crippen LogP contribution in [0.3, 0.4) is 0 Å². The first-order valence-corrected chi connectivity index (χ1v) is 11.2. The molecule has 2 saturated heterocycles. The molecule has 9 nitrogen and oxygen atoms in total. The van der Waals surface area contributed by atoms with Gasteiger partial charge >= 0.3 is 0 Å². The van der Waals surface area contributed by atoms with Crippen LogP contribution in [0.4, 0.5) is 11.4 Å². The fourth-order valence-corrected chi connectivity index (χ4v) is 5.46. The number of carbonyl (C=O) groups excluding carboxylic acids is 3. The van der Waals surface area contributed by atoms with Gasteiger partial charge in [-0.3, -0.25) is 24.5 Å². The Morgan fingerprint density at radius 2 is 1.83 bits per heavy atom. The molecule has 35 heavy (non-hydrogen) atoms. The zero-order valence-electron chi connectivity index (χ0n) is 17.7. The molecule has 11 heteroatoms. The summed E-state index contributed by atoms with van der Waals surface area (Å²) in [5, 5.41) is 21.0. The number of Topliss-reactive ketones (excluding diaryl/α,β-unsaturated/α-hetero) is 1. The molecule has 0 aliphatic carbocycles. The van der Waals surface area contributed by atoms with Gasteiger partial charge in [-0.05, 0) is 30.4 Å². The summed E-state index contributed by atoms with van der Waals surface area (Å²) >= 11 is 12.2. The van der Waals surface area contributed by atoms with E-state index < -0.39 is 46.4 Å². The maximum Gasteiger partial charge on any atom is 0.270 e. The molecule has 2 aromatic carbocycles. The van der Waals surface area contributed by atoms with Gasteiger partial charge in [-0.1, -0.05) is 35.3 Å². The molecule has 3 heterocycles. The molecule has 0 unspecified atom stereocenters. The third-order valence-corrected chi connectivity index (χ3v) is 6.98. The summed E-state index contributed by atoms with van der Waals surface area (Å²) in [5.41, 5.74) is 0.197. The second-order valence-corrected chi connectivity index (χ2v) is 9.11. The van der Waals surface area contributed by atoms with E-state index in [0.717, 1.165) is 11.0 Å². The highest BCUT2D eigenvalue weighted by molar-refractivity contribution is 6.38. The van der Waals surface area contributed by atoms with Crippen LogP contribution in [0.15, 0.2) is 66.4 Å². The highest BCUT2D eigenvalue weighted by Gasteiger charge is 2.63. The summed E-state index contributed by atoms with van der Waals surface area (Å²) in [6, 6.07) is 9.73. The van der Waals surface area contributed by atoms with Gasteiger partial charge in [-0.25, -0.2) is 4.90 Å². The van der Waals surface area contributed by atoms with E-state index in [0.29, 0.717) is 5.02 Å². The molecule has 174 valence electrons. The molecular formula is C24H14Cl2N4O5. The molecule has 3 aliphatic heterocycles. The minimum absolute atomic E-state index is 0.0373. The lowest BCUT2D eigenvalue weighted by Crippen LogP contribution is -2.46. The molecule has 0 bridgehead atoms. The Bertz CT molecular complexity index is 1430. The van der Waals surface area contributed by atoms with E-state index in [1.165, 1.54) is 48.7 Å². The van der Waals surface area contributed by atoms with Crippen molar-refractivity contribution in [3.8, 4) is 6.07 Å². The van der Waals surface area contributed by atoms with E-state index in [9.17, 15) is 29.8 Å². The number of rotatable bonds is 4. The van der Waals surface area contributed by atoms with Crippen molar-refractivity contribution in [2.75, 3.05) is 4.90 Å². The van der Waals surface area contributed by atoms with E-state index in [1.807, 2.05) is 6.07 Å². The Hall–Kier alpha value is -4.00. The van der Waals surface area contributed by atoms with Gasteiger partial charge in [0.15, 0.2) is 5.78 Å². The van der Waals surface area contributed by atoms with Gasteiger partial charge in [0.2, 0.25) is 11.8 Å². The minimum Gasteiger partial charge on any atom is -0.359 e. The Kier molecular flexibility index (Phi) is 5.43. The van der Waals surface area contributed by atoms with Crippen LogP contribution in [-0.2, 0) is 9.59 Å². The van der Waals surface area contributed by atoms with Crippen LogP contribution in [-0.4, -0.2) is 39.5 Å². The standard InChI is InChI=1S/C24H14Cl2N4O5/c25-14-4-5-17(16(26)10-14)29-23(32)19-18-8-12(11-27)6-7-28(18)21(20(19)24(29)33)22(31)13-2-1-3-15(9-13)30(34)35/h1-10,18-21H/t18-,19+,20-,21+/m1/s1. The molecule has 2 fully saturated rings. The van der Waals surface area contributed by atoms with Gasteiger partial charge < -0.3 is 4.90 Å². The number of nitrogens with zero attached hydrogens (tertiary/aromatic N) is 4. The summed E-state index contributed by atoms with van der Waals surface area (Å²) in [7, 11) is 0. The molecular weight excluding hydrogens is 495 g/mol. The Morgan fingerprint density at radius 1 is 1.09 bits per heavy atom. The first-order valence-electron chi connectivity index (χ1n) is 10.4. The number of amides is 2. The summed E-state index contributed by atoms with van der Waals surface area (Å²) in [6.45, 7) is 0. The van der Waals surface area contributed by atoms with Gasteiger partial charge in [-0.2, -0.15) is 5.26 Å². The van der Waals surface area contributed by atoms with Crippen molar-refractivity contribution in [3.05, 3.63) is 92.1 Å². The van der Waals surface area contributed by atoms with Crippen molar-refractivity contribution in [2.45, 2.75) is 12.1 Å².